The summed E-state index contributed by atoms with van der Waals surface area (Å²) in [6, 6.07) is 12.0. The fourth-order valence-corrected chi connectivity index (χ4v) is 3.74. The summed E-state index contributed by atoms with van der Waals surface area (Å²) >= 11 is 0. The van der Waals surface area contributed by atoms with E-state index in [-0.39, 0.29) is 39.1 Å². The minimum atomic E-state index is 0. The predicted molar refractivity (Wildman–Crippen MR) is 95.1 cm³/mol. The molecule has 2 aromatic rings. The average molecular weight is 321 g/mol. The van der Waals surface area contributed by atoms with Crippen molar-refractivity contribution in [1.82, 2.24) is 0 Å². The maximum Gasteiger partial charge on any atom is 1.00 e. The molecule has 2 nitrogen and oxygen atoms in total. The third-order valence-electron chi connectivity index (χ3n) is 3.39. The zero-order valence-electron chi connectivity index (χ0n) is 14.9. The summed E-state index contributed by atoms with van der Waals surface area (Å²) < 4.78 is 5.63. The van der Waals surface area contributed by atoms with Gasteiger partial charge in [-0.25, -0.2) is 0 Å². The minimum Gasteiger partial charge on any atom is -0.491 e. The zero-order chi connectivity index (χ0) is 16.3. The molecule has 0 aliphatic heterocycles. The molecule has 0 saturated carbocycles. The molecule has 2 rings (SSSR count). The molecule has 4 heteroatoms. The maximum absolute atomic E-state index is 12.6. The van der Waals surface area contributed by atoms with E-state index in [9.17, 15) is 4.79 Å². The van der Waals surface area contributed by atoms with Gasteiger partial charge in [0, 0.05) is 5.56 Å². The Kier molecular flexibility index (Phi) is 7.55. The summed E-state index contributed by atoms with van der Waals surface area (Å²) in [5, 5.41) is 1.04. The van der Waals surface area contributed by atoms with Gasteiger partial charge in [0.05, 0.1) is 6.10 Å². The monoisotopic (exact) mass is 321 g/mol. The number of benzene rings is 2. The molecule has 0 radical (unpaired) electrons. The molecule has 0 fully saturated rings. The van der Waals surface area contributed by atoms with Gasteiger partial charge in [0.15, 0.2) is 5.52 Å². The number of carbonyl (C=O) groups excluding carboxylic acids is 1. The van der Waals surface area contributed by atoms with Crippen LogP contribution in [0.2, 0.25) is 0 Å². The first kappa shape index (κ1) is 20.0. The Morgan fingerprint density at radius 2 is 1.52 bits per heavy atom. The van der Waals surface area contributed by atoms with Crippen LogP contribution in [0.15, 0.2) is 36.4 Å². The molecule has 0 bridgehead atoms. The van der Waals surface area contributed by atoms with Crippen LogP contribution in [0.5, 0.6) is 5.75 Å². The van der Waals surface area contributed by atoms with Crippen LogP contribution in [0.4, 0.5) is 0 Å². The van der Waals surface area contributed by atoms with Crippen molar-refractivity contribution in [3.05, 3.63) is 58.7 Å². The topological polar surface area (TPSA) is 26.3 Å². The number of hydrogen-bond donors (Lipinski definition) is 0. The molecule has 116 valence electrons. The van der Waals surface area contributed by atoms with E-state index in [4.69, 9.17) is 4.74 Å². The Bertz CT molecular complexity index is 655. The van der Waals surface area contributed by atoms with Crippen molar-refractivity contribution in [2.45, 2.75) is 40.7 Å². The zero-order valence-corrected chi connectivity index (χ0v) is 15.9. The smallest absolute Gasteiger partial charge is 0.491 e. The van der Waals surface area contributed by atoms with E-state index >= 15 is 0 Å². The second-order valence-corrected chi connectivity index (χ2v) is 7.20. The summed E-state index contributed by atoms with van der Waals surface area (Å²) in [4.78, 5) is 12.6. The largest absolute Gasteiger partial charge is 1.00 e. The Hall–Kier alpha value is -1.06. The number of rotatable bonds is 5. The standard InChI is InChI=1S/C19H23O2P.Li/c1-12(2)21-16-6-8-17(9-7-16)22-19(20)18-14(4)10-13(3)11-15(18)5;/h6-12,22H,1-5H3;/q;+1. The summed E-state index contributed by atoms with van der Waals surface area (Å²) in [6.45, 7) is 10.1. The Labute approximate surface area is 153 Å². The van der Waals surface area contributed by atoms with Gasteiger partial charge in [0.25, 0.3) is 0 Å². The van der Waals surface area contributed by atoms with E-state index in [0.717, 1.165) is 27.7 Å². The molecule has 1 atom stereocenters. The number of ether oxygens (including phenoxy) is 1. The predicted octanol–water partition coefficient (Wildman–Crippen LogP) is 1.55. The molecular weight excluding hydrogens is 298 g/mol. The molecule has 23 heavy (non-hydrogen) atoms. The second-order valence-electron chi connectivity index (χ2n) is 5.92. The molecule has 0 aliphatic rings. The van der Waals surface area contributed by atoms with Crippen molar-refractivity contribution < 1.29 is 28.4 Å². The van der Waals surface area contributed by atoms with Crippen LogP contribution < -0.4 is 28.9 Å². The second kappa shape index (κ2) is 8.70. The van der Waals surface area contributed by atoms with Gasteiger partial charge in [-0.15, -0.1) is 0 Å². The van der Waals surface area contributed by atoms with Crippen molar-refractivity contribution in [1.29, 1.82) is 0 Å². The molecule has 0 amide bonds. The third kappa shape index (κ3) is 5.50. The van der Waals surface area contributed by atoms with Crippen molar-refractivity contribution in [2.24, 2.45) is 0 Å². The summed E-state index contributed by atoms with van der Waals surface area (Å²) in [5.41, 5.74) is 4.40. The Morgan fingerprint density at radius 1 is 1.00 bits per heavy atom. The first-order valence-corrected chi connectivity index (χ1v) is 8.52. The molecule has 2 aromatic carbocycles. The van der Waals surface area contributed by atoms with Crippen LogP contribution in [0.3, 0.4) is 0 Å². The van der Waals surface area contributed by atoms with Gasteiger partial charge < -0.3 is 4.74 Å². The SMILES string of the molecule is Cc1cc(C)c(C(=O)Pc2ccc(OC(C)C)cc2)c(C)c1.[Li+]. The van der Waals surface area contributed by atoms with Crippen LogP contribution in [0, 0.1) is 20.8 Å². The van der Waals surface area contributed by atoms with Gasteiger partial charge in [-0.1, -0.05) is 29.8 Å². The van der Waals surface area contributed by atoms with Crippen molar-refractivity contribution in [2.75, 3.05) is 0 Å². The normalized spacial score (nSPS) is 10.9. The van der Waals surface area contributed by atoms with Crippen LogP contribution in [-0.2, 0) is 0 Å². The van der Waals surface area contributed by atoms with Gasteiger partial charge in [-0.05, 0) is 71.8 Å². The number of hydrogen-bond acceptors (Lipinski definition) is 2. The average Bonchev–Trinajstić information content (AvgIpc) is 2.39. The first-order valence-electron chi connectivity index (χ1n) is 7.52. The van der Waals surface area contributed by atoms with Gasteiger partial charge in [0.2, 0.25) is 0 Å². The van der Waals surface area contributed by atoms with E-state index in [1.54, 1.807) is 0 Å². The Balaban J connectivity index is 0.00000264. The maximum atomic E-state index is 12.6. The molecule has 1 unspecified atom stereocenters. The molecule has 0 saturated heterocycles. The molecule has 0 spiro atoms. The summed E-state index contributed by atoms with van der Waals surface area (Å²) in [7, 11) is 0.143. The summed E-state index contributed by atoms with van der Waals surface area (Å²) in [5.74, 6) is 0.846. The van der Waals surface area contributed by atoms with E-state index in [2.05, 4.69) is 19.1 Å². The van der Waals surface area contributed by atoms with Gasteiger partial charge >= 0.3 is 18.9 Å². The van der Waals surface area contributed by atoms with E-state index in [1.807, 2.05) is 52.0 Å². The molecular formula is C19H23LiO2P+. The van der Waals surface area contributed by atoms with Crippen molar-refractivity contribution in [3.63, 3.8) is 0 Å². The molecule has 0 aliphatic carbocycles. The van der Waals surface area contributed by atoms with Crippen LogP contribution in [-0.4, -0.2) is 11.6 Å². The fraction of sp³-hybridized carbons (Fsp3) is 0.316. The summed E-state index contributed by atoms with van der Waals surface area (Å²) in [6.07, 6.45) is 0.160. The van der Waals surface area contributed by atoms with Crippen LogP contribution in [0.25, 0.3) is 0 Å². The van der Waals surface area contributed by atoms with Crippen molar-refractivity contribution in [3.8, 4) is 5.75 Å². The number of aryl methyl sites for hydroxylation is 3. The van der Waals surface area contributed by atoms with Crippen LogP contribution >= 0.6 is 8.58 Å². The van der Waals surface area contributed by atoms with Crippen LogP contribution in [0.1, 0.15) is 40.9 Å². The van der Waals surface area contributed by atoms with Crippen molar-refractivity contribution >= 4 is 19.4 Å². The molecule has 0 aromatic heterocycles. The number of carbonyl (C=O) groups is 1. The van der Waals surface area contributed by atoms with Gasteiger partial charge in [-0.3, -0.25) is 4.79 Å². The third-order valence-corrected chi connectivity index (χ3v) is 4.49. The Morgan fingerprint density at radius 3 is 2.00 bits per heavy atom. The molecule has 0 heterocycles. The molecule has 0 N–H and O–H groups in total. The fourth-order valence-electron chi connectivity index (χ4n) is 2.62. The van der Waals surface area contributed by atoms with Gasteiger partial charge in [0.1, 0.15) is 5.75 Å². The quantitative estimate of drug-likeness (QED) is 0.617. The van der Waals surface area contributed by atoms with E-state index < -0.39 is 0 Å². The minimum absolute atomic E-state index is 0. The van der Waals surface area contributed by atoms with E-state index in [1.165, 1.54) is 5.56 Å². The van der Waals surface area contributed by atoms with Gasteiger partial charge in [-0.2, -0.15) is 0 Å². The van der Waals surface area contributed by atoms with E-state index in [0.29, 0.717) is 0 Å². The first-order chi connectivity index (χ1) is 10.4.